The fourth-order valence-corrected chi connectivity index (χ4v) is 1.37. The quantitative estimate of drug-likeness (QED) is 0.712. The summed E-state index contributed by atoms with van der Waals surface area (Å²) in [5.41, 5.74) is 1.85. The molecule has 2 aromatic rings. The van der Waals surface area contributed by atoms with Crippen molar-refractivity contribution in [1.29, 1.82) is 0 Å². The van der Waals surface area contributed by atoms with Crippen LogP contribution >= 0.6 is 0 Å². The van der Waals surface area contributed by atoms with E-state index in [4.69, 9.17) is 0 Å². The molecule has 0 amide bonds. The Balaban J connectivity index is 0.000000686. The molecule has 0 unspecified atom stereocenters. The van der Waals surface area contributed by atoms with Crippen molar-refractivity contribution in [1.82, 2.24) is 14.6 Å². The Morgan fingerprint density at radius 2 is 1.71 bits per heavy atom. The van der Waals surface area contributed by atoms with Crippen LogP contribution in [0.1, 0.15) is 30.8 Å². The van der Waals surface area contributed by atoms with E-state index in [1.807, 2.05) is 20.8 Å². The van der Waals surface area contributed by atoms with Gasteiger partial charge in [0, 0.05) is 6.20 Å². The summed E-state index contributed by atoms with van der Waals surface area (Å²) >= 11 is 0. The van der Waals surface area contributed by atoms with Crippen molar-refractivity contribution in [3.8, 4) is 0 Å². The summed E-state index contributed by atoms with van der Waals surface area (Å²) in [6.07, 6.45) is -3.14. The van der Waals surface area contributed by atoms with Gasteiger partial charge < -0.3 is 0 Å². The van der Waals surface area contributed by atoms with Crippen molar-refractivity contribution < 1.29 is 13.2 Å². The first-order chi connectivity index (χ1) is 7.91. The van der Waals surface area contributed by atoms with Crippen LogP contribution in [0.4, 0.5) is 13.2 Å². The van der Waals surface area contributed by atoms with Crippen molar-refractivity contribution in [3.05, 3.63) is 29.2 Å². The molecule has 0 atom stereocenters. The van der Waals surface area contributed by atoms with Gasteiger partial charge >= 0.3 is 6.18 Å². The molecule has 0 saturated heterocycles. The molecule has 0 aliphatic heterocycles. The molecule has 0 radical (unpaired) electrons. The van der Waals surface area contributed by atoms with Crippen molar-refractivity contribution in [2.24, 2.45) is 0 Å². The van der Waals surface area contributed by atoms with Gasteiger partial charge in [-0.3, -0.25) is 4.40 Å². The molecule has 94 valence electrons. The van der Waals surface area contributed by atoms with E-state index in [0.29, 0.717) is 5.56 Å². The zero-order valence-electron chi connectivity index (χ0n) is 10.1. The van der Waals surface area contributed by atoms with Gasteiger partial charge in [0.1, 0.15) is 0 Å². The fourth-order valence-electron chi connectivity index (χ4n) is 1.37. The van der Waals surface area contributed by atoms with Crippen LogP contribution in [-0.2, 0) is 6.18 Å². The lowest BCUT2D eigenvalue weighted by atomic mass is 10.2. The Morgan fingerprint density at radius 3 is 2.24 bits per heavy atom. The molecule has 0 fully saturated rings. The molecule has 3 nitrogen and oxygen atoms in total. The number of hydrogen-bond donors (Lipinski definition) is 0. The highest BCUT2D eigenvalue weighted by atomic mass is 19.4. The van der Waals surface area contributed by atoms with Crippen LogP contribution in [0.5, 0.6) is 0 Å². The third-order valence-electron chi connectivity index (χ3n) is 2.35. The summed E-state index contributed by atoms with van der Waals surface area (Å²) in [7, 11) is 0. The zero-order chi connectivity index (χ0) is 13.2. The van der Waals surface area contributed by atoms with E-state index >= 15 is 0 Å². The van der Waals surface area contributed by atoms with E-state index < -0.39 is 12.0 Å². The summed E-state index contributed by atoms with van der Waals surface area (Å²) in [6.45, 7) is 7.54. The number of halogens is 3. The van der Waals surface area contributed by atoms with Crippen LogP contribution in [0.3, 0.4) is 0 Å². The van der Waals surface area contributed by atoms with E-state index in [1.165, 1.54) is 6.20 Å². The standard InChI is InChI=1S/C9H8F3N3.C2H6/c1-5-3-4-15-7(6(5)2)13-14-8(15)9(10,11)12;1-2/h3-4H,1-2H3;1-2H3. The number of hydrogen-bond acceptors (Lipinski definition) is 2. The smallest absolute Gasteiger partial charge is 0.279 e. The second kappa shape index (κ2) is 4.73. The highest BCUT2D eigenvalue weighted by molar-refractivity contribution is 5.50. The molecule has 0 aliphatic carbocycles. The van der Waals surface area contributed by atoms with Gasteiger partial charge in [0.25, 0.3) is 0 Å². The molecule has 2 heterocycles. The number of aryl methyl sites for hydroxylation is 2. The van der Waals surface area contributed by atoms with Gasteiger partial charge in [0.15, 0.2) is 5.65 Å². The SMILES string of the molecule is CC.Cc1ccn2c(C(F)(F)F)nnc2c1C. The molecule has 0 saturated carbocycles. The summed E-state index contributed by atoms with van der Waals surface area (Å²) < 4.78 is 38.3. The van der Waals surface area contributed by atoms with Gasteiger partial charge in [-0.1, -0.05) is 13.8 Å². The molecular weight excluding hydrogens is 231 g/mol. The molecule has 0 aliphatic rings. The van der Waals surface area contributed by atoms with Crippen LogP contribution in [-0.4, -0.2) is 14.6 Å². The largest absolute Gasteiger partial charge is 0.452 e. The van der Waals surface area contributed by atoms with E-state index in [-0.39, 0.29) is 5.65 Å². The zero-order valence-corrected chi connectivity index (χ0v) is 10.1. The van der Waals surface area contributed by atoms with Crippen LogP contribution in [0, 0.1) is 13.8 Å². The van der Waals surface area contributed by atoms with Gasteiger partial charge in [-0.05, 0) is 31.0 Å². The number of alkyl halides is 3. The van der Waals surface area contributed by atoms with E-state index in [0.717, 1.165) is 9.96 Å². The summed E-state index contributed by atoms with van der Waals surface area (Å²) in [5.74, 6) is -0.986. The average Bonchev–Trinajstić information content (AvgIpc) is 2.70. The van der Waals surface area contributed by atoms with Gasteiger partial charge in [-0.25, -0.2) is 0 Å². The first kappa shape index (κ1) is 13.5. The molecule has 2 aromatic heterocycles. The molecule has 17 heavy (non-hydrogen) atoms. The molecule has 6 heteroatoms. The summed E-state index contributed by atoms with van der Waals surface area (Å²) in [4.78, 5) is 0. The van der Waals surface area contributed by atoms with E-state index in [1.54, 1.807) is 13.0 Å². The molecule has 0 N–H and O–H groups in total. The van der Waals surface area contributed by atoms with Crippen LogP contribution in [0.25, 0.3) is 5.65 Å². The minimum absolute atomic E-state index is 0.252. The van der Waals surface area contributed by atoms with Crippen LogP contribution in [0.2, 0.25) is 0 Å². The average molecular weight is 245 g/mol. The second-order valence-electron chi connectivity index (χ2n) is 3.34. The van der Waals surface area contributed by atoms with Crippen molar-refractivity contribution >= 4 is 5.65 Å². The minimum Gasteiger partial charge on any atom is -0.279 e. The minimum atomic E-state index is -4.47. The maximum atomic E-state index is 12.5. The Labute approximate surface area is 97.3 Å². The fraction of sp³-hybridized carbons (Fsp3) is 0.455. The normalized spacial score (nSPS) is 11.2. The van der Waals surface area contributed by atoms with Crippen molar-refractivity contribution in [2.45, 2.75) is 33.9 Å². The Kier molecular flexibility index (Phi) is 3.75. The molecular formula is C11H14F3N3. The molecule has 2 rings (SSSR count). The van der Waals surface area contributed by atoms with Gasteiger partial charge in [-0.2, -0.15) is 13.2 Å². The Morgan fingerprint density at radius 1 is 1.12 bits per heavy atom. The van der Waals surface area contributed by atoms with Gasteiger partial charge in [0.2, 0.25) is 5.82 Å². The first-order valence-electron chi connectivity index (χ1n) is 5.29. The van der Waals surface area contributed by atoms with Crippen molar-refractivity contribution in [3.63, 3.8) is 0 Å². The predicted octanol–water partition coefficient (Wildman–Crippen LogP) is 3.39. The summed E-state index contributed by atoms with van der Waals surface area (Å²) in [5, 5.41) is 6.69. The number of pyridine rings is 1. The number of nitrogens with zero attached hydrogens (tertiary/aromatic N) is 3. The Hall–Kier alpha value is -1.59. The maximum absolute atomic E-state index is 12.5. The Bertz CT molecular complexity index is 514. The van der Waals surface area contributed by atoms with Crippen molar-refractivity contribution in [2.75, 3.05) is 0 Å². The molecule has 0 aromatic carbocycles. The van der Waals surface area contributed by atoms with Crippen LogP contribution < -0.4 is 0 Å². The maximum Gasteiger partial charge on any atom is 0.452 e. The highest BCUT2D eigenvalue weighted by Gasteiger charge is 2.37. The van der Waals surface area contributed by atoms with E-state index in [9.17, 15) is 13.2 Å². The number of aromatic nitrogens is 3. The highest BCUT2D eigenvalue weighted by Crippen LogP contribution is 2.28. The lowest BCUT2D eigenvalue weighted by Crippen LogP contribution is -2.10. The number of fused-ring (bicyclic) bond motifs is 1. The topological polar surface area (TPSA) is 30.2 Å². The lowest BCUT2D eigenvalue weighted by Gasteiger charge is -2.05. The predicted molar refractivity (Wildman–Crippen MR) is 58.8 cm³/mol. The van der Waals surface area contributed by atoms with E-state index in [2.05, 4.69) is 10.2 Å². The van der Waals surface area contributed by atoms with Crippen LogP contribution in [0.15, 0.2) is 12.3 Å². The van der Waals surface area contributed by atoms with Gasteiger partial charge in [0.05, 0.1) is 0 Å². The third-order valence-corrected chi connectivity index (χ3v) is 2.35. The number of rotatable bonds is 0. The molecule has 0 spiro atoms. The lowest BCUT2D eigenvalue weighted by molar-refractivity contribution is -0.145. The summed E-state index contributed by atoms with van der Waals surface area (Å²) in [6, 6.07) is 1.61. The first-order valence-corrected chi connectivity index (χ1v) is 5.29. The second-order valence-corrected chi connectivity index (χ2v) is 3.34. The third kappa shape index (κ3) is 2.40. The molecule has 0 bridgehead atoms. The monoisotopic (exact) mass is 245 g/mol. The van der Waals surface area contributed by atoms with Gasteiger partial charge in [-0.15, -0.1) is 10.2 Å².